The van der Waals surface area contributed by atoms with Gasteiger partial charge in [0, 0.05) is 25.3 Å². The second-order valence-corrected chi connectivity index (χ2v) is 5.67. The van der Waals surface area contributed by atoms with E-state index in [4.69, 9.17) is 0 Å². The fourth-order valence-corrected chi connectivity index (χ4v) is 3.11. The first-order valence-corrected chi connectivity index (χ1v) is 7.96. The molecular formula is C19H22N2O. The number of carbonyl (C=O) groups is 1. The van der Waals surface area contributed by atoms with E-state index in [2.05, 4.69) is 24.4 Å². The topological polar surface area (TPSA) is 32.3 Å². The van der Waals surface area contributed by atoms with Crippen LogP contribution in [0.4, 0.5) is 5.69 Å². The van der Waals surface area contributed by atoms with Crippen LogP contribution < -0.4 is 10.2 Å². The van der Waals surface area contributed by atoms with Gasteiger partial charge in [0.05, 0.1) is 5.92 Å². The third kappa shape index (κ3) is 2.90. The molecule has 3 nitrogen and oxygen atoms in total. The zero-order chi connectivity index (χ0) is 15.4. The average Bonchev–Trinajstić information content (AvgIpc) is 2.79. The van der Waals surface area contributed by atoms with Gasteiger partial charge in [-0.1, -0.05) is 55.5 Å². The van der Waals surface area contributed by atoms with E-state index in [1.807, 2.05) is 47.4 Å². The zero-order valence-electron chi connectivity index (χ0n) is 13.0. The van der Waals surface area contributed by atoms with Crippen LogP contribution in [0.15, 0.2) is 54.6 Å². The SMILES string of the molecule is CCC(C(=O)N1CCNCc2ccccc21)c1ccccc1. The lowest BCUT2D eigenvalue weighted by atomic mass is 9.94. The Morgan fingerprint density at radius 3 is 2.64 bits per heavy atom. The summed E-state index contributed by atoms with van der Waals surface area (Å²) in [5, 5.41) is 3.39. The Morgan fingerprint density at radius 2 is 1.86 bits per heavy atom. The third-order valence-electron chi connectivity index (χ3n) is 4.28. The van der Waals surface area contributed by atoms with E-state index in [1.54, 1.807) is 0 Å². The summed E-state index contributed by atoms with van der Waals surface area (Å²) in [5.41, 5.74) is 3.34. The van der Waals surface area contributed by atoms with Crippen LogP contribution in [0.3, 0.4) is 0 Å². The summed E-state index contributed by atoms with van der Waals surface area (Å²) in [7, 11) is 0. The Kier molecular flexibility index (Phi) is 4.54. The molecule has 0 fully saturated rings. The van der Waals surface area contributed by atoms with Crippen LogP contribution >= 0.6 is 0 Å². The van der Waals surface area contributed by atoms with Crippen LogP contribution in [0.1, 0.15) is 30.4 Å². The van der Waals surface area contributed by atoms with E-state index in [-0.39, 0.29) is 11.8 Å². The molecule has 0 aromatic heterocycles. The Bertz CT molecular complexity index is 639. The van der Waals surface area contributed by atoms with E-state index < -0.39 is 0 Å². The second kappa shape index (κ2) is 6.75. The molecule has 1 amide bonds. The van der Waals surface area contributed by atoms with E-state index >= 15 is 0 Å². The largest absolute Gasteiger partial charge is 0.311 e. The Hall–Kier alpha value is -2.13. The monoisotopic (exact) mass is 294 g/mol. The van der Waals surface area contributed by atoms with Gasteiger partial charge in [0.2, 0.25) is 5.91 Å². The van der Waals surface area contributed by atoms with E-state index in [1.165, 1.54) is 5.56 Å². The van der Waals surface area contributed by atoms with Crippen LogP contribution in [0.2, 0.25) is 0 Å². The maximum absolute atomic E-state index is 13.1. The molecule has 0 aliphatic carbocycles. The van der Waals surface area contributed by atoms with Gasteiger partial charge in [-0.15, -0.1) is 0 Å². The number of carbonyl (C=O) groups excluding carboxylic acids is 1. The van der Waals surface area contributed by atoms with Crippen LogP contribution in [-0.2, 0) is 11.3 Å². The number of rotatable bonds is 3. The summed E-state index contributed by atoms with van der Waals surface area (Å²) in [4.78, 5) is 15.1. The maximum atomic E-state index is 13.1. The molecule has 114 valence electrons. The standard InChI is InChI=1S/C19H22N2O/c1-2-17(15-8-4-3-5-9-15)19(22)21-13-12-20-14-16-10-6-7-11-18(16)21/h3-11,17,20H,2,12-14H2,1H3. The van der Waals surface area contributed by atoms with Gasteiger partial charge in [0.25, 0.3) is 0 Å². The average molecular weight is 294 g/mol. The first-order chi connectivity index (χ1) is 10.8. The number of hydrogen-bond acceptors (Lipinski definition) is 2. The zero-order valence-corrected chi connectivity index (χ0v) is 13.0. The molecule has 1 unspecified atom stereocenters. The first-order valence-electron chi connectivity index (χ1n) is 7.96. The van der Waals surface area contributed by atoms with Gasteiger partial charge in [0.1, 0.15) is 0 Å². The molecule has 1 atom stereocenters. The van der Waals surface area contributed by atoms with Gasteiger partial charge < -0.3 is 10.2 Å². The van der Waals surface area contributed by atoms with Crippen LogP contribution in [0.25, 0.3) is 0 Å². The fourth-order valence-electron chi connectivity index (χ4n) is 3.11. The Labute approximate surface area is 132 Å². The summed E-state index contributed by atoms with van der Waals surface area (Å²) in [5.74, 6) is 0.122. The highest BCUT2D eigenvalue weighted by Crippen LogP contribution is 2.28. The number of anilines is 1. The van der Waals surface area contributed by atoms with Gasteiger partial charge in [-0.05, 0) is 23.6 Å². The lowest BCUT2D eigenvalue weighted by Gasteiger charge is -2.27. The summed E-state index contributed by atoms with van der Waals surface area (Å²) in [6, 6.07) is 18.3. The molecule has 0 radical (unpaired) electrons. The second-order valence-electron chi connectivity index (χ2n) is 5.67. The summed E-state index contributed by atoms with van der Waals surface area (Å²) < 4.78 is 0. The third-order valence-corrected chi connectivity index (χ3v) is 4.28. The number of fused-ring (bicyclic) bond motifs is 1. The Balaban J connectivity index is 1.94. The van der Waals surface area contributed by atoms with Crippen molar-refractivity contribution in [3.63, 3.8) is 0 Å². The molecule has 0 saturated carbocycles. The van der Waals surface area contributed by atoms with Crippen molar-refractivity contribution in [2.45, 2.75) is 25.8 Å². The number of nitrogens with zero attached hydrogens (tertiary/aromatic N) is 1. The molecule has 2 aromatic rings. The van der Waals surface area contributed by atoms with E-state index in [9.17, 15) is 4.79 Å². The van der Waals surface area contributed by atoms with Crippen LogP contribution in [-0.4, -0.2) is 19.0 Å². The van der Waals surface area contributed by atoms with Crippen molar-refractivity contribution in [2.24, 2.45) is 0 Å². The van der Waals surface area contributed by atoms with E-state index in [0.717, 1.165) is 37.3 Å². The number of nitrogens with one attached hydrogen (secondary N) is 1. The molecular weight excluding hydrogens is 272 g/mol. The molecule has 0 bridgehead atoms. The van der Waals surface area contributed by atoms with Crippen LogP contribution in [0, 0.1) is 0 Å². The number of amides is 1. The molecule has 1 N–H and O–H groups in total. The van der Waals surface area contributed by atoms with Crippen molar-refractivity contribution in [1.29, 1.82) is 0 Å². The molecule has 1 heterocycles. The minimum absolute atomic E-state index is 0.0765. The van der Waals surface area contributed by atoms with Crippen molar-refractivity contribution >= 4 is 11.6 Å². The van der Waals surface area contributed by atoms with Gasteiger partial charge in [-0.3, -0.25) is 4.79 Å². The van der Waals surface area contributed by atoms with Crippen molar-refractivity contribution in [1.82, 2.24) is 5.32 Å². The maximum Gasteiger partial charge on any atom is 0.234 e. The molecule has 0 spiro atoms. The van der Waals surface area contributed by atoms with Crippen molar-refractivity contribution in [3.05, 3.63) is 65.7 Å². The highest BCUT2D eigenvalue weighted by molar-refractivity contribution is 5.98. The fraction of sp³-hybridized carbons (Fsp3) is 0.316. The van der Waals surface area contributed by atoms with Crippen molar-refractivity contribution < 1.29 is 4.79 Å². The van der Waals surface area contributed by atoms with Gasteiger partial charge in [-0.25, -0.2) is 0 Å². The molecule has 22 heavy (non-hydrogen) atoms. The Morgan fingerprint density at radius 1 is 1.14 bits per heavy atom. The first kappa shape index (κ1) is 14.8. The van der Waals surface area contributed by atoms with E-state index in [0.29, 0.717) is 0 Å². The molecule has 0 saturated heterocycles. The minimum atomic E-state index is -0.0765. The summed E-state index contributed by atoms with van der Waals surface area (Å²) in [6.07, 6.45) is 0.814. The summed E-state index contributed by atoms with van der Waals surface area (Å²) >= 11 is 0. The van der Waals surface area contributed by atoms with Crippen LogP contribution in [0.5, 0.6) is 0 Å². The molecule has 1 aliphatic heterocycles. The molecule has 1 aliphatic rings. The predicted octanol–water partition coefficient (Wildman–Crippen LogP) is 3.32. The molecule has 3 heteroatoms. The summed E-state index contributed by atoms with van der Waals surface area (Å²) in [6.45, 7) is 4.45. The number of hydrogen-bond donors (Lipinski definition) is 1. The number of para-hydroxylation sites is 1. The van der Waals surface area contributed by atoms with Gasteiger partial charge in [-0.2, -0.15) is 0 Å². The molecule has 3 rings (SSSR count). The predicted molar refractivity (Wildman–Crippen MR) is 90.0 cm³/mol. The minimum Gasteiger partial charge on any atom is -0.311 e. The smallest absolute Gasteiger partial charge is 0.234 e. The van der Waals surface area contributed by atoms with Gasteiger partial charge >= 0.3 is 0 Å². The van der Waals surface area contributed by atoms with Gasteiger partial charge in [0.15, 0.2) is 0 Å². The quantitative estimate of drug-likeness (QED) is 0.942. The lowest BCUT2D eigenvalue weighted by molar-refractivity contribution is -0.120. The number of benzene rings is 2. The highest BCUT2D eigenvalue weighted by Gasteiger charge is 2.27. The van der Waals surface area contributed by atoms with Crippen molar-refractivity contribution in [2.75, 3.05) is 18.0 Å². The highest BCUT2D eigenvalue weighted by atomic mass is 16.2. The normalized spacial score (nSPS) is 15.8. The lowest BCUT2D eigenvalue weighted by Crippen LogP contribution is -2.38. The van der Waals surface area contributed by atoms with Crippen molar-refractivity contribution in [3.8, 4) is 0 Å². The molecule has 2 aromatic carbocycles.